The molecule has 0 aliphatic carbocycles. The second-order valence-corrected chi connectivity index (χ2v) is 11.8. The average Bonchev–Trinajstić information content (AvgIpc) is 3.39. The number of Topliss-reactive ketones (excluding diaryl/α,β-unsaturated/α-hetero) is 1. The van der Waals surface area contributed by atoms with Gasteiger partial charge in [-0.3, -0.25) is 14.4 Å². The number of fused-ring (bicyclic) bond motifs is 1. The van der Waals surface area contributed by atoms with E-state index in [1.54, 1.807) is 13.8 Å². The van der Waals surface area contributed by atoms with Crippen molar-refractivity contribution in [1.82, 2.24) is 4.98 Å². The van der Waals surface area contributed by atoms with Gasteiger partial charge in [-0.1, -0.05) is 19.9 Å². The van der Waals surface area contributed by atoms with Gasteiger partial charge in [-0.25, -0.2) is 4.98 Å². The average molecular weight is 534 g/mol. The molecule has 0 spiro atoms. The van der Waals surface area contributed by atoms with Crippen LogP contribution in [-0.2, 0) is 23.9 Å². The highest BCUT2D eigenvalue weighted by atomic mass is 32.1. The lowest BCUT2D eigenvalue weighted by Gasteiger charge is -2.33. The first kappa shape index (κ1) is 29.2. The van der Waals surface area contributed by atoms with E-state index in [0.717, 1.165) is 28.3 Å². The minimum absolute atomic E-state index is 0.114. The smallest absolute Gasteiger partial charge is 0.310 e. The van der Waals surface area contributed by atoms with Crippen LogP contribution in [0.4, 0.5) is 0 Å². The normalized spacial score (nSPS) is 34.4. The number of carbonyl (C=O) groups excluding carboxylic acids is 3. The van der Waals surface area contributed by atoms with Crippen LogP contribution >= 0.6 is 11.3 Å². The van der Waals surface area contributed by atoms with E-state index >= 15 is 0 Å². The van der Waals surface area contributed by atoms with E-state index in [4.69, 9.17) is 9.47 Å². The van der Waals surface area contributed by atoms with Crippen LogP contribution < -0.4 is 0 Å². The van der Waals surface area contributed by atoms with Crippen molar-refractivity contribution in [1.29, 1.82) is 0 Å². The molecule has 0 saturated carbocycles. The Morgan fingerprint density at radius 2 is 1.97 bits per heavy atom. The molecule has 1 fully saturated rings. The van der Waals surface area contributed by atoms with Gasteiger partial charge in [-0.05, 0) is 63.2 Å². The summed E-state index contributed by atoms with van der Waals surface area (Å²) in [5.74, 6) is -2.29. The lowest BCUT2D eigenvalue weighted by Crippen LogP contribution is -2.45. The first-order valence-corrected chi connectivity index (χ1v) is 13.8. The number of aromatic nitrogens is 1. The number of aliphatic hydroxyl groups excluding tert-OH is 2. The van der Waals surface area contributed by atoms with Gasteiger partial charge >= 0.3 is 11.9 Å². The molecule has 0 aromatic carbocycles. The number of thiazole rings is 1. The molecule has 204 valence electrons. The summed E-state index contributed by atoms with van der Waals surface area (Å²) in [5, 5.41) is 23.7. The number of ketones is 1. The van der Waals surface area contributed by atoms with E-state index in [2.05, 4.69) is 4.98 Å². The molecular formula is C28H39NO7S. The lowest BCUT2D eigenvalue weighted by molar-refractivity contribution is -0.155. The first-order valence-electron chi connectivity index (χ1n) is 12.9. The van der Waals surface area contributed by atoms with Gasteiger partial charge in [0.15, 0.2) is 0 Å². The molecule has 0 unspecified atom stereocenters. The van der Waals surface area contributed by atoms with Crippen LogP contribution in [0.15, 0.2) is 22.6 Å². The number of hydrogen-bond acceptors (Lipinski definition) is 9. The summed E-state index contributed by atoms with van der Waals surface area (Å²) in [5.41, 5.74) is 1.17. The molecule has 1 saturated heterocycles. The fourth-order valence-corrected chi connectivity index (χ4v) is 5.79. The third kappa shape index (κ3) is 7.15. The number of rotatable bonds is 3. The summed E-state index contributed by atoms with van der Waals surface area (Å²) in [6.07, 6.45) is 3.31. The number of aliphatic hydroxyl groups is 2. The molecule has 2 aliphatic heterocycles. The van der Waals surface area contributed by atoms with Crippen LogP contribution in [0.3, 0.4) is 0 Å². The first-order chi connectivity index (χ1) is 17.4. The maximum atomic E-state index is 13.5. The maximum Gasteiger partial charge on any atom is 0.310 e. The Labute approximate surface area is 222 Å². The Morgan fingerprint density at radius 3 is 2.62 bits per heavy atom. The van der Waals surface area contributed by atoms with Gasteiger partial charge in [0, 0.05) is 17.7 Å². The fourth-order valence-electron chi connectivity index (χ4n) is 5.22. The number of cyclic esters (lactones) is 1. The van der Waals surface area contributed by atoms with Crippen LogP contribution in [0.2, 0.25) is 0 Å². The summed E-state index contributed by atoms with van der Waals surface area (Å²) in [7, 11) is 0. The highest BCUT2D eigenvalue weighted by molar-refractivity contribution is 7.09. The number of ether oxygens (including phenoxy) is 2. The molecule has 37 heavy (non-hydrogen) atoms. The minimum atomic E-state index is -1.23. The van der Waals surface area contributed by atoms with E-state index < -0.39 is 41.6 Å². The van der Waals surface area contributed by atoms with Crippen LogP contribution in [0.25, 0.3) is 6.08 Å². The summed E-state index contributed by atoms with van der Waals surface area (Å²) in [6.45, 7) is 8.88. The summed E-state index contributed by atoms with van der Waals surface area (Å²) < 4.78 is 11.3. The summed E-state index contributed by atoms with van der Waals surface area (Å²) in [6, 6.07) is 0. The quantitative estimate of drug-likeness (QED) is 0.438. The predicted octanol–water partition coefficient (Wildman–Crippen LogP) is 4.17. The zero-order chi connectivity index (χ0) is 27.3. The predicted molar refractivity (Wildman–Crippen MR) is 141 cm³/mol. The van der Waals surface area contributed by atoms with Gasteiger partial charge in [-0.2, -0.15) is 0 Å². The van der Waals surface area contributed by atoms with Crippen LogP contribution in [0.5, 0.6) is 0 Å². The van der Waals surface area contributed by atoms with Crippen molar-refractivity contribution in [2.24, 2.45) is 17.3 Å². The minimum Gasteiger partial charge on any atom is -0.461 e. The maximum absolute atomic E-state index is 13.5. The van der Waals surface area contributed by atoms with Gasteiger partial charge in [0.25, 0.3) is 0 Å². The van der Waals surface area contributed by atoms with Crippen molar-refractivity contribution in [2.45, 2.75) is 91.5 Å². The Hall–Kier alpha value is -2.36. The van der Waals surface area contributed by atoms with Crippen molar-refractivity contribution in [3.8, 4) is 0 Å². The Kier molecular flexibility index (Phi) is 9.83. The molecular weight excluding hydrogens is 494 g/mol. The van der Waals surface area contributed by atoms with Gasteiger partial charge in [0.2, 0.25) is 0 Å². The lowest BCUT2D eigenvalue weighted by atomic mass is 9.71. The van der Waals surface area contributed by atoms with E-state index in [9.17, 15) is 24.6 Å². The summed E-state index contributed by atoms with van der Waals surface area (Å²) >= 11 is 1.53. The number of nitrogens with zero attached hydrogens (tertiary/aromatic N) is 1. The molecule has 1 aromatic heterocycles. The van der Waals surface area contributed by atoms with Gasteiger partial charge in [-0.15, -0.1) is 11.3 Å². The fraction of sp³-hybridized carbons (Fsp3) is 0.643. The molecule has 2 N–H and O–H groups in total. The third-order valence-corrected chi connectivity index (χ3v) is 8.49. The van der Waals surface area contributed by atoms with Crippen LogP contribution in [0.1, 0.15) is 76.9 Å². The standard InChI is InChI=1S/C28H39NO7S/c1-16-7-6-8-20(14-30)9-10-22(17(2)11-21-15-37-19(4)29-21)35-24(31)12-23-28(5,13-25(32)36-23)27(34)18(3)26(16)33/h9,11,15-16,18,22-23,26,30,33H,6-8,10,12-14H2,1-5H3/b17-11+,20-9+/t16-,18+,22-,23+,26-,28+/m0/s1. The molecule has 0 radical (unpaired) electrons. The highest BCUT2D eigenvalue weighted by Gasteiger charge is 2.53. The molecule has 3 heterocycles. The van der Waals surface area contributed by atoms with E-state index in [-0.39, 0.29) is 31.1 Å². The molecule has 2 aliphatic rings. The SMILES string of the molecule is C/C(=C\c1csc(C)n1)[C@@H]1C/C=C(/CO)CCC[C@H](C)[C@H](O)[C@@H](C)C(=O)[C@]2(C)CC(=O)O[C@@H]2CC(=O)O1. The van der Waals surface area contributed by atoms with E-state index in [1.165, 1.54) is 11.3 Å². The monoisotopic (exact) mass is 533 g/mol. The number of aryl methyl sites for hydroxylation is 1. The Morgan fingerprint density at radius 1 is 1.24 bits per heavy atom. The molecule has 8 nitrogen and oxygen atoms in total. The number of esters is 2. The van der Waals surface area contributed by atoms with Gasteiger partial charge < -0.3 is 19.7 Å². The molecule has 3 rings (SSSR count). The van der Waals surface area contributed by atoms with Crippen molar-refractivity contribution >= 4 is 35.1 Å². The van der Waals surface area contributed by atoms with Gasteiger partial charge in [0.1, 0.15) is 18.0 Å². The highest BCUT2D eigenvalue weighted by Crippen LogP contribution is 2.41. The molecule has 1 aromatic rings. The van der Waals surface area contributed by atoms with Crippen molar-refractivity contribution in [2.75, 3.05) is 6.61 Å². The molecule has 6 atom stereocenters. The molecule has 0 bridgehead atoms. The Balaban J connectivity index is 1.94. The number of hydrogen-bond donors (Lipinski definition) is 2. The van der Waals surface area contributed by atoms with Gasteiger partial charge in [0.05, 0.1) is 41.7 Å². The second-order valence-electron chi connectivity index (χ2n) is 10.7. The third-order valence-electron chi connectivity index (χ3n) is 7.69. The second kappa shape index (κ2) is 12.5. The molecule has 0 amide bonds. The van der Waals surface area contributed by atoms with Crippen molar-refractivity contribution < 1.29 is 34.1 Å². The number of carbonyl (C=O) groups is 3. The van der Waals surface area contributed by atoms with Crippen LogP contribution in [-0.4, -0.2) is 57.8 Å². The zero-order valence-corrected chi connectivity index (χ0v) is 23.2. The summed E-state index contributed by atoms with van der Waals surface area (Å²) in [4.78, 5) is 43.4. The zero-order valence-electron chi connectivity index (χ0n) is 22.4. The van der Waals surface area contributed by atoms with Crippen molar-refractivity contribution in [3.05, 3.63) is 33.3 Å². The van der Waals surface area contributed by atoms with Crippen molar-refractivity contribution in [3.63, 3.8) is 0 Å². The van der Waals surface area contributed by atoms with E-state index in [0.29, 0.717) is 19.3 Å². The van der Waals surface area contributed by atoms with E-state index in [1.807, 2.05) is 38.3 Å². The Bertz CT molecular complexity index is 1060. The molecule has 9 heteroatoms. The van der Waals surface area contributed by atoms with Crippen LogP contribution in [0, 0.1) is 24.2 Å². The topological polar surface area (TPSA) is 123 Å². The largest absolute Gasteiger partial charge is 0.461 e.